The van der Waals surface area contributed by atoms with Crippen LogP contribution in [-0.2, 0) is 4.79 Å². The summed E-state index contributed by atoms with van der Waals surface area (Å²) >= 11 is 11.0. The fourth-order valence-electron chi connectivity index (χ4n) is 2.43. The lowest BCUT2D eigenvalue weighted by atomic mass is 10.1. The van der Waals surface area contributed by atoms with Crippen LogP contribution in [0.4, 0.5) is 5.69 Å². The molecule has 0 radical (unpaired) electrons. The van der Waals surface area contributed by atoms with Gasteiger partial charge in [0.25, 0.3) is 0 Å². The van der Waals surface area contributed by atoms with Gasteiger partial charge in [0.2, 0.25) is 5.91 Å². The zero-order valence-corrected chi connectivity index (χ0v) is 15.1. The quantitative estimate of drug-likeness (QED) is 0.453. The number of hydrogen-bond acceptors (Lipinski definition) is 3. The first-order chi connectivity index (χ1) is 12.5. The van der Waals surface area contributed by atoms with Crippen molar-refractivity contribution in [3.05, 3.63) is 77.3 Å². The number of phenols is 1. The summed E-state index contributed by atoms with van der Waals surface area (Å²) in [5, 5.41) is 17.8. The molecule has 0 spiro atoms. The van der Waals surface area contributed by atoms with E-state index in [9.17, 15) is 9.90 Å². The van der Waals surface area contributed by atoms with Crippen LogP contribution in [-0.4, -0.2) is 16.1 Å². The van der Waals surface area contributed by atoms with Crippen LogP contribution in [0.3, 0.4) is 0 Å². The Morgan fingerprint density at radius 2 is 1.85 bits per heavy atom. The predicted octanol–water partition coefficient (Wildman–Crippen LogP) is 4.73. The Labute approximate surface area is 161 Å². The summed E-state index contributed by atoms with van der Waals surface area (Å²) in [7, 11) is 0. The third-order valence-corrected chi connectivity index (χ3v) is 4.10. The molecule has 3 rings (SSSR count). The van der Waals surface area contributed by atoms with E-state index < -0.39 is 0 Å². The first-order valence-electron chi connectivity index (χ1n) is 7.78. The number of carbonyl (C=O) groups is 1. The first-order valence-corrected chi connectivity index (χ1v) is 8.57. The maximum Gasteiger partial charge on any atom is 0.250 e. The molecule has 0 saturated carbocycles. The van der Waals surface area contributed by atoms with E-state index in [1.165, 1.54) is 6.08 Å². The summed E-state index contributed by atoms with van der Waals surface area (Å²) < 4.78 is 0. The second kappa shape index (κ2) is 7.99. The van der Waals surface area contributed by atoms with E-state index in [0.29, 0.717) is 5.02 Å². The molecule has 0 aliphatic heterocycles. The summed E-state index contributed by atoms with van der Waals surface area (Å²) in [5.41, 5.74) is 1.60. The highest BCUT2D eigenvalue weighted by Gasteiger charge is 2.05. The molecule has 0 saturated heterocycles. The number of anilines is 1. The summed E-state index contributed by atoms with van der Waals surface area (Å²) in [6, 6.07) is 17.8. The number of amides is 1. The lowest BCUT2D eigenvalue weighted by Crippen LogP contribution is -2.32. The summed E-state index contributed by atoms with van der Waals surface area (Å²) in [6.45, 7) is 0. The molecule has 3 N–H and O–H groups in total. The highest BCUT2D eigenvalue weighted by Crippen LogP contribution is 2.26. The molecule has 130 valence electrons. The fraction of sp³-hybridized carbons (Fsp3) is 0. The standard InChI is InChI=1S/C20H15ClN2O2S/c21-15-7-4-13(5-8-15)6-11-19(25)23-20(26)22-18-3-1-2-14-12-16(24)9-10-17(14)18/h1-12,24H,(H2,22,23,25,26). The molecule has 0 fully saturated rings. The molecule has 0 unspecified atom stereocenters. The highest BCUT2D eigenvalue weighted by atomic mass is 35.5. The number of rotatable bonds is 3. The predicted molar refractivity (Wildman–Crippen MR) is 110 cm³/mol. The Bertz CT molecular complexity index is 1000. The molecule has 0 aromatic heterocycles. The number of phenolic OH excluding ortho intramolecular Hbond substituents is 1. The zero-order valence-electron chi connectivity index (χ0n) is 13.6. The molecule has 4 nitrogen and oxygen atoms in total. The van der Waals surface area contributed by atoms with E-state index in [0.717, 1.165) is 22.0 Å². The average Bonchev–Trinajstić information content (AvgIpc) is 2.61. The number of benzene rings is 3. The number of fused-ring (bicyclic) bond motifs is 1. The van der Waals surface area contributed by atoms with Gasteiger partial charge in [-0.25, -0.2) is 0 Å². The minimum absolute atomic E-state index is 0.191. The SMILES string of the molecule is O=C(C=Cc1ccc(Cl)cc1)NC(=S)Nc1cccc2cc(O)ccc12. The number of thiocarbonyl (C=S) groups is 1. The Balaban J connectivity index is 1.65. The largest absolute Gasteiger partial charge is 0.508 e. The van der Waals surface area contributed by atoms with Crippen molar-refractivity contribution in [2.45, 2.75) is 0 Å². The molecule has 3 aromatic rings. The molecular formula is C20H15ClN2O2S. The third kappa shape index (κ3) is 4.59. The second-order valence-corrected chi connectivity index (χ2v) is 6.38. The van der Waals surface area contributed by atoms with Crippen molar-refractivity contribution >= 4 is 57.4 Å². The fourth-order valence-corrected chi connectivity index (χ4v) is 2.77. The van der Waals surface area contributed by atoms with Gasteiger partial charge >= 0.3 is 0 Å². The van der Waals surface area contributed by atoms with Gasteiger partial charge in [-0.15, -0.1) is 0 Å². The molecule has 0 heterocycles. The van der Waals surface area contributed by atoms with E-state index in [1.807, 2.05) is 30.3 Å². The number of carbonyl (C=O) groups excluding carboxylic acids is 1. The van der Waals surface area contributed by atoms with Gasteiger partial charge in [-0.3, -0.25) is 10.1 Å². The number of aromatic hydroxyl groups is 1. The van der Waals surface area contributed by atoms with Crippen molar-refractivity contribution in [2.75, 3.05) is 5.32 Å². The van der Waals surface area contributed by atoms with Gasteiger partial charge in [0.1, 0.15) is 5.75 Å². The first kappa shape index (κ1) is 17.9. The molecule has 0 atom stereocenters. The van der Waals surface area contributed by atoms with Crippen LogP contribution < -0.4 is 10.6 Å². The smallest absolute Gasteiger partial charge is 0.250 e. The van der Waals surface area contributed by atoms with Crippen LogP contribution >= 0.6 is 23.8 Å². The zero-order chi connectivity index (χ0) is 18.5. The Morgan fingerprint density at radius 3 is 2.62 bits per heavy atom. The van der Waals surface area contributed by atoms with Crippen molar-refractivity contribution in [2.24, 2.45) is 0 Å². The van der Waals surface area contributed by atoms with Crippen molar-refractivity contribution in [3.8, 4) is 5.75 Å². The molecule has 26 heavy (non-hydrogen) atoms. The lowest BCUT2D eigenvalue weighted by Gasteiger charge is -2.11. The molecule has 6 heteroatoms. The van der Waals surface area contributed by atoms with Crippen LogP contribution in [0.5, 0.6) is 5.75 Å². The molecule has 1 amide bonds. The van der Waals surface area contributed by atoms with E-state index >= 15 is 0 Å². The summed E-state index contributed by atoms with van der Waals surface area (Å²) in [6.07, 6.45) is 3.08. The average molecular weight is 383 g/mol. The summed E-state index contributed by atoms with van der Waals surface area (Å²) in [4.78, 5) is 12.0. The lowest BCUT2D eigenvalue weighted by molar-refractivity contribution is -0.115. The van der Waals surface area contributed by atoms with Crippen LogP contribution in [0.25, 0.3) is 16.8 Å². The number of hydrogen-bond donors (Lipinski definition) is 3. The van der Waals surface area contributed by atoms with Gasteiger partial charge in [-0.2, -0.15) is 0 Å². The van der Waals surface area contributed by atoms with Crippen LogP contribution in [0.1, 0.15) is 5.56 Å². The Hall–Kier alpha value is -2.89. The molecule has 0 aliphatic rings. The maximum atomic E-state index is 12.0. The van der Waals surface area contributed by atoms with Gasteiger partial charge in [0, 0.05) is 22.2 Å². The van der Waals surface area contributed by atoms with Crippen LogP contribution in [0.2, 0.25) is 5.02 Å². The van der Waals surface area contributed by atoms with Crippen molar-refractivity contribution < 1.29 is 9.90 Å². The normalized spacial score (nSPS) is 10.8. The molecular weight excluding hydrogens is 368 g/mol. The van der Waals surface area contributed by atoms with E-state index in [2.05, 4.69) is 10.6 Å². The van der Waals surface area contributed by atoms with Crippen LogP contribution in [0, 0.1) is 0 Å². The summed E-state index contributed by atoms with van der Waals surface area (Å²) in [5.74, 6) is -0.145. The monoisotopic (exact) mass is 382 g/mol. The number of nitrogens with one attached hydrogen (secondary N) is 2. The highest BCUT2D eigenvalue weighted by molar-refractivity contribution is 7.80. The molecule has 0 bridgehead atoms. The van der Waals surface area contributed by atoms with Gasteiger partial charge in [0.15, 0.2) is 5.11 Å². The second-order valence-electron chi connectivity index (χ2n) is 5.54. The van der Waals surface area contributed by atoms with Gasteiger partial charge < -0.3 is 10.4 Å². The van der Waals surface area contributed by atoms with Gasteiger partial charge in [-0.1, -0.05) is 35.9 Å². The molecule has 3 aromatic carbocycles. The van der Waals surface area contributed by atoms with Gasteiger partial charge in [-0.05, 0) is 65.6 Å². The van der Waals surface area contributed by atoms with E-state index in [4.69, 9.17) is 23.8 Å². The van der Waals surface area contributed by atoms with Crippen LogP contribution in [0.15, 0.2) is 66.7 Å². The Morgan fingerprint density at radius 1 is 1.08 bits per heavy atom. The minimum atomic E-state index is -0.338. The van der Waals surface area contributed by atoms with Crippen molar-refractivity contribution in [3.63, 3.8) is 0 Å². The maximum absolute atomic E-state index is 12.0. The van der Waals surface area contributed by atoms with Crippen molar-refractivity contribution in [1.82, 2.24) is 5.32 Å². The van der Waals surface area contributed by atoms with Crippen molar-refractivity contribution in [1.29, 1.82) is 0 Å². The third-order valence-electron chi connectivity index (χ3n) is 3.65. The Kier molecular flexibility index (Phi) is 5.51. The number of halogens is 1. The van der Waals surface area contributed by atoms with E-state index in [1.54, 1.807) is 36.4 Å². The van der Waals surface area contributed by atoms with Gasteiger partial charge in [0.05, 0.1) is 0 Å². The topological polar surface area (TPSA) is 61.4 Å². The molecule has 0 aliphatic carbocycles. The van der Waals surface area contributed by atoms with E-state index in [-0.39, 0.29) is 16.8 Å². The minimum Gasteiger partial charge on any atom is -0.508 e.